The van der Waals surface area contributed by atoms with Crippen LogP contribution in [0.1, 0.15) is 0 Å². The Morgan fingerprint density at radius 2 is 1.92 bits per heavy atom. The van der Waals surface area contributed by atoms with Gasteiger partial charge >= 0.3 is 11.9 Å². The normalized spacial score (nSPS) is 21.8. The molecule has 1 fully saturated rings. The first-order chi connectivity index (χ1) is 5.96. The largest absolute Gasteiger partial charge is 0.477 e. The molecule has 0 aromatic carbocycles. The minimum atomic E-state index is -4.48. The van der Waals surface area contributed by atoms with Gasteiger partial charge in [-0.05, 0) is 0 Å². The van der Waals surface area contributed by atoms with Crippen LogP contribution in [-0.4, -0.2) is 42.7 Å². The van der Waals surface area contributed by atoms with Gasteiger partial charge in [-0.2, -0.15) is 8.78 Å². The van der Waals surface area contributed by atoms with Crippen molar-refractivity contribution in [3.63, 3.8) is 0 Å². The molecule has 0 aliphatic carbocycles. The van der Waals surface area contributed by atoms with E-state index in [0.29, 0.717) is 0 Å². The molecule has 1 saturated heterocycles. The Bertz CT molecular complexity index is 202. The Morgan fingerprint density at radius 1 is 1.46 bits per heavy atom. The van der Waals surface area contributed by atoms with Gasteiger partial charge in [-0.25, -0.2) is 9.18 Å². The molecule has 0 spiro atoms. The number of alkyl halides is 3. The number of carboxylic acids is 1. The highest BCUT2D eigenvalue weighted by Gasteiger charge is 2.54. The van der Waals surface area contributed by atoms with Crippen LogP contribution in [0.5, 0.6) is 0 Å². The van der Waals surface area contributed by atoms with Crippen molar-refractivity contribution in [2.45, 2.75) is 18.4 Å². The van der Waals surface area contributed by atoms with Crippen LogP contribution in [0.25, 0.3) is 0 Å². The number of ether oxygens (including phenoxy) is 2. The first kappa shape index (κ1) is 10.3. The fourth-order valence-electron chi connectivity index (χ4n) is 0.834. The second kappa shape index (κ2) is 3.51. The van der Waals surface area contributed by atoms with Gasteiger partial charge in [-0.15, -0.1) is 0 Å². The smallest absolute Gasteiger partial charge is 0.378 e. The van der Waals surface area contributed by atoms with E-state index in [0.717, 1.165) is 0 Å². The maximum atomic E-state index is 12.8. The average Bonchev–Trinajstić information content (AvgIpc) is 2.54. The summed E-state index contributed by atoms with van der Waals surface area (Å²) in [4.78, 5) is 9.92. The lowest BCUT2D eigenvalue weighted by molar-refractivity contribution is -0.203. The molecule has 1 aliphatic rings. The number of rotatable bonds is 3. The molecule has 76 valence electrons. The van der Waals surface area contributed by atoms with E-state index in [1.165, 1.54) is 0 Å². The molecule has 1 aliphatic heterocycles. The third-order valence-electron chi connectivity index (χ3n) is 1.52. The Morgan fingerprint density at radius 3 is 2.31 bits per heavy atom. The van der Waals surface area contributed by atoms with Crippen molar-refractivity contribution in [3.05, 3.63) is 0 Å². The molecule has 0 aromatic heterocycles. The Balaban J connectivity index is 2.64. The van der Waals surface area contributed by atoms with E-state index in [1.807, 2.05) is 0 Å². The maximum Gasteiger partial charge on any atom is 0.378 e. The van der Waals surface area contributed by atoms with Gasteiger partial charge < -0.3 is 14.6 Å². The topological polar surface area (TPSA) is 55.8 Å². The molecule has 1 N–H and O–H groups in total. The van der Waals surface area contributed by atoms with E-state index in [2.05, 4.69) is 9.47 Å². The summed E-state index contributed by atoms with van der Waals surface area (Å²) in [6, 6.07) is 0. The Labute approximate surface area is 71.2 Å². The van der Waals surface area contributed by atoms with Crippen molar-refractivity contribution < 1.29 is 32.5 Å². The zero-order valence-corrected chi connectivity index (χ0v) is 6.37. The van der Waals surface area contributed by atoms with Gasteiger partial charge in [0.2, 0.25) is 6.17 Å². The van der Waals surface area contributed by atoms with Gasteiger partial charge in [0, 0.05) is 0 Å². The second-order valence-electron chi connectivity index (χ2n) is 2.44. The summed E-state index contributed by atoms with van der Waals surface area (Å²) in [5.41, 5.74) is 0. The van der Waals surface area contributed by atoms with Crippen LogP contribution < -0.4 is 0 Å². The first-order valence-electron chi connectivity index (χ1n) is 3.44. The van der Waals surface area contributed by atoms with Gasteiger partial charge in [-0.1, -0.05) is 0 Å². The molecule has 0 aromatic rings. The quantitative estimate of drug-likeness (QED) is 0.717. The molecule has 4 nitrogen and oxygen atoms in total. The van der Waals surface area contributed by atoms with Gasteiger partial charge in [0.25, 0.3) is 0 Å². The fourth-order valence-corrected chi connectivity index (χ4v) is 0.834. The molecule has 7 heteroatoms. The first-order valence-corrected chi connectivity index (χ1v) is 3.44. The molecule has 1 unspecified atom stereocenters. The van der Waals surface area contributed by atoms with E-state index >= 15 is 0 Å². The van der Waals surface area contributed by atoms with Crippen molar-refractivity contribution >= 4 is 5.97 Å². The van der Waals surface area contributed by atoms with Crippen molar-refractivity contribution in [1.82, 2.24) is 0 Å². The lowest BCUT2D eigenvalue weighted by Crippen LogP contribution is -2.45. The number of carboxylic acid groups (broad SMARTS) is 1. The number of halogens is 3. The van der Waals surface area contributed by atoms with Crippen molar-refractivity contribution in [2.75, 3.05) is 13.2 Å². The molecule has 13 heavy (non-hydrogen) atoms. The number of carbonyl (C=O) groups is 1. The van der Waals surface area contributed by atoms with E-state index in [-0.39, 0.29) is 13.2 Å². The molecule has 0 bridgehead atoms. The van der Waals surface area contributed by atoms with Crippen LogP contribution in [0.4, 0.5) is 13.2 Å². The molecular weight excluding hydrogens is 193 g/mol. The average molecular weight is 200 g/mol. The van der Waals surface area contributed by atoms with Crippen LogP contribution in [0.15, 0.2) is 0 Å². The molecule has 0 radical (unpaired) electrons. The predicted molar refractivity (Wildman–Crippen MR) is 33.2 cm³/mol. The van der Waals surface area contributed by atoms with Crippen molar-refractivity contribution in [2.24, 2.45) is 0 Å². The summed E-state index contributed by atoms with van der Waals surface area (Å²) in [6.07, 6.45) is -4.77. The minimum Gasteiger partial charge on any atom is -0.477 e. The Kier molecular flexibility index (Phi) is 2.77. The summed E-state index contributed by atoms with van der Waals surface area (Å²) in [6.45, 7) is -0.0262. The Hall–Kier alpha value is -0.820. The summed E-state index contributed by atoms with van der Waals surface area (Å²) in [7, 11) is 0. The standard InChI is InChI=1S/C6H7F3O4/c7-3(4-12-1-2-13-4)6(8,9)5(10)11/h3-4H,1-2H2,(H,10,11). The van der Waals surface area contributed by atoms with Gasteiger partial charge in [0.15, 0.2) is 6.29 Å². The highest BCUT2D eigenvalue weighted by molar-refractivity contribution is 5.76. The van der Waals surface area contributed by atoms with E-state index in [1.54, 1.807) is 0 Å². The highest BCUT2D eigenvalue weighted by Crippen LogP contribution is 2.27. The molecule has 1 heterocycles. The highest BCUT2D eigenvalue weighted by atomic mass is 19.3. The molecule has 0 amide bonds. The molecule has 1 atom stereocenters. The summed E-state index contributed by atoms with van der Waals surface area (Å²) in [5.74, 6) is -7.01. The van der Waals surface area contributed by atoms with Crippen LogP contribution >= 0.6 is 0 Å². The van der Waals surface area contributed by atoms with Crippen LogP contribution in [0, 0.1) is 0 Å². The third-order valence-corrected chi connectivity index (χ3v) is 1.52. The second-order valence-corrected chi connectivity index (χ2v) is 2.44. The minimum absolute atomic E-state index is 0.0131. The zero-order chi connectivity index (χ0) is 10.1. The van der Waals surface area contributed by atoms with Crippen molar-refractivity contribution in [1.29, 1.82) is 0 Å². The SMILES string of the molecule is O=C(O)C(F)(F)C(F)C1OCCO1. The van der Waals surface area contributed by atoms with Crippen LogP contribution in [0.3, 0.4) is 0 Å². The van der Waals surface area contributed by atoms with E-state index < -0.39 is 24.4 Å². The summed E-state index contributed by atoms with van der Waals surface area (Å²) in [5, 5.41) is 7.97. The molecule has 1 rings (SSSR count). The van der Waals surface area contributed by atoms with Crippen LogP contribution in [-0.2, 0) is 14.3 Å². The van der Waals surface area contributed by atoms with Gasteiger partial charge in [0.05, 0.1) is 13.2 Å². The summed E-state index contributed by atoms with van der Waals surface area (Å²) < 4.78 is 46.5. The van der Waals surface area contributed by atoms with E-state index in [9.17, 15) is 18.0 Å². The lowest BCUT2D eigenvalue weighted by atomic mass is 10.2. The van der Waals surface area contributed by atoms with Crippen molar-refractivity contribution in [3.8, 4) is 0 Å². The molecular formula is C6H7F3O4. The molecule has 0 saturated carbocycles. The third kappa shape index (κ3) is 1.92. The predicted octanol–water partition coefficient (Wildman–Crippen LogP) is 0.417. The summed E-state index contributed by atoms with van der Waals surface area (Å²) >= 11 is 0. The van der Waals surface area contributed by atoms with E-state index in [4.69, 9.17) is 5.11 Å². The zero-order valence-electron chi connectivity index (χ0n) is 6.37. The number of hydrogen-bond donors (Lipinski definition) is 1. The number of aliphatic carboxylic acids is 1. The van der Waals surface area contributed by atoms with Crippen LogP contribution in [0.2, 0.25) is 0 Å². The number of hydrogen-bond acceptors (Lipinski definition) is 3. The van der Waals surface area contributed by atoms with Gasteiger partial charge in [0.1, 0.15) is 0 Å². The fraction of sp³-hybridized carbons (Fsp3) is 0.833. The monoisotopic (exact) mass is 200 g/mol. The lowest BCUT2D eigenvalue weighted by Gasteiger charge is -2.19. The maximum absolute atomic E-state index is 12.8. The van der Waals surface area contributed by atoms with Gasteiger partial charge in [-0.3, -0.25) is 0 Å².